The van der Waals surface area contributed by atoms with Crippen molar-refractivity contribution in [3.8, 4) is 11.3 Å². The molecule has 0 fully saturated rings. The number of H-pyrrole nitrogens is 1. The minimum absolute atomic E-state index is 0.103. The fourth-order valence-electron chi connectivity index (χ4n) is 2.91. The highest BCUT2D eigenvalue weighted by Crippen LogP contribution is 2.26. The van der Waals surface area contributed by atoms with Crippen LogP contribution in [0.25, 0.3) is 22.2 Å². The molecule has 124 valence electrons. The molecular formula is C20H17N3OS. The van der Waals surface area contributed by atoms with Gasteiger partial charge in [-0.1, -0.05) is 60.3 Å². The molecule has 4 aromatic rings. The van der Waals surface area contributed by atoms with Crippen LogP contribution in [-0.4, -0.2) is 26.1 Å². The molecule has 0 unspecified atom stereocenters. The largest absolute Gasteiger partial charge is 0.360 e. The molecule has 2 heterocycles. The Labute approximate surface area is 149 Å². The molecule has 25 heavy (non-hydrogen) atoms. The Balaban J connectivity index is 1.52. The van der Waals surface area contributed by atoms with E-state index in [1.165, 1.54) is 11.8 Å². The first kappa shape index (κ1) is 15.7. The Kier molecular flexibility index (Phi) is 4.15. The van der Waals surface area contributed by atoms with Crippen LogP contribution in [0.3, 0.4) is 0 Å². The van der Waals surface area contributed by atoms with Crippen LogP contribution >= 0.6 is 11.8 Å². The second-order valence-electron chi connectivity index (χ2n) is 5.81. The van der Waals surface area contributed by atoms with Crippen molar-refractivity contribution >= 4 is 28.4 Å². The minimum Gasteiger partial charge on any atom is -0.360 e. The van der Waals surface area contributed by atoms with Crippen molar-refractivity contribution in [2.45, 2.75) is 5.16 Å². The Morgan fingerprint density at radius 2 is 1.88 bits per heavy atom. The van der Waals surface area contributed by atoms with Crippen molar-refractivity contribution in [2.24, 2.45) is 7.05 Å². The molecule has 0 aliphatic heterocycles. The van der Waals surface area contributed by atoms with E-state index in [4.69, 9.17) is 0 Å². The molecule has 5 heteroatoms. The maximum absolute atomic E-state index is 12.6. The number of imidazole rings is 1. The lowest BCUT2D eigenvalue weighted by Crippen LogP contribution is -2.03. The van der Waals surface area contributed by atoms with Crippen molar-refractivity contribution in [1.29, 1.82) is 0 Å². The number of aromatic nitrogens is 3. The number of carbonyl (C=O) groups is 1. The molecule has 4 nitrogen and oxygen atoms in total. The van der Waals surface area contributed by atoms with Crippen molar-refractivity contribution in [1.82, 2.24) is 14.5 Å². The normalized spacial score (nSPS) is 11.1. The summed E-state index contributed by atoms with van der Waals surface area (Å²) in [5, 5.41) is 1.81. The molecule has 1 N–H and O–H groups in total. The number of Topliss-reactive ketones (excluding diaryl/α,β-unsaturated/α-hetero) is 1. The van der Waals surface area contributed by atoms with Crippen LogP contribution in [0.5, 0.6) is 0 Å². The quantitative estimate of drug-likeness (QED) is 0.426. The van der Waals surface area contributed by atoms with Crippen molar-refractivity contribution in [3.05, 3.63) is 72.6 Å². The topological polar surface area (TPSA) is 50.7 Å². The smallest absolute Gasteiger partial charge is 0.175 e. The highest BCUT2D eigenvalue weighted by Gasteiger charge is 2.15. The van der Waals surface area contributed by atoms with E-state index >= 15 is 0 Å². The molecule has 0 saturated heterocycles. The third kappa shape index (κ3) is 2.98. The lowest BCUT2D eigenvalue weighted by Gasteiger charge is -2.05. The van der Waals surface area contributed by atoms with E-state index in [1.54, 1.807) is 6.20 Å². The lowest BCUT2D eigenvalue weighted by molar-refractivity contribution is 0.102. The number of benzene rings is 2. The Morgan fingerprint density at radius 1 is 1.12 bits per heavy atom. The molecule has 0 aliphatic carbocycles. The number of fused-ring (bicyclic) bond motifs is 1. The summed E-state index contributed by atoms with van der Waals surface area (Å²) in [6, 6.07) is 18.0. The highest BCUT2D eigenvalue weighted by atomic mass is 32.2. The van der Waals surface area contributed by atoms with Gasteiger partial charge in [-0.25, -0.2) is 4.98 Å². The molecule has 4 rings (SSSR count). The molecule has 0 aliphatic rings. The van der Waals surface area contributed by atoms with E-state index in [2.05, 4.69) is 22.1 Å². The van der Waals surface area contributed by atoms with Crippen LogP contribution in [0.4, 0.5) is 0 Å². The number of rotatable bonds is 5. The second-order valence-corrected chi connectivity index (χ2v) is 6.75. The van der Waals surface area contributed by atoms with Gasteiger partial charge in [0.25, 0.3) is 0 Å². The van der Waals surface area contributed by atoms with Gasteiger partial charge in [-0.3, -0.25) is 4.79 Å². The molecule has 2 aromatic heterocycles. The Bertz CT molecular complexity index is 1030. The minimum atomic E-state index is 0.103. The third-order valence-corrected chi connectivity index (χ3v) is 5.28. The first-order chi connectivity index (χ1) is 12.2. The van der Waals surface area contributed by atoms with Gasteiger partial charge in [0.1, 0.15) is 0 Å². The van der Waals surface area contributed by atoms with E-state index in [0.717, 1.165) is 32.9 Å². The SMILES string of the molecule is Cn1c(-c2ccccc2)cnc1SCC(=O)c1c[nH]c2ccccc12. The number of carbonyl (C=O) groups excluding carboxylic acids is 1. The monoisotopic (exact) mass is 347 g/mol. The average molecular weight is 347 g/mol. The fourth-order valence-corrected chi connectivity index (χ4v) is 3.75. The maximum atomic E-state index is 12.6. The molecule has 0 atom stereocenters. The van der Waals surface area contributed by atoms with Crippen LogP contribution in [0.1, 0.15) is 10.4 Å². The molecule has 0 amide bonds. The Hall–Kier alpha value is -2.79. The van der Waals surface area contributed by atoms with Gasteiger partial charge in [0, 0.05) is 29.7 Å². The summed E-state index contributed by atoms with van der Waals surface area (Å²) < 4.78 is 2.03. The van der Waals surface area contributed by atoms with E-state index in [-0.39, 0.29) is 5.78 Å². The van der Waals surface area contributed by atoms with Crippen molar-refractivity contribution in [3.63, 3.8) is 0 Å². The van der Waals surface area contributed by atoms with Gasteiger partial charge in [0.15, 0.2) is 10.9 Å². The van der Waals surface area contributed by atoms with Gasteiger partial charge in [0.05, 0.1) is 17.6 Å². The summed E-state index contributed by atoms with van der Waals surface area (Å²) in [5.74, 6) is 0.465. The summed E-state index contributed by atoms with van der Waals surface area (Å²) in [4.78, 5) is 20.2. The van der Waals surface area contributed by atoms with E-state index in [0.29, 0.717) is 5.75 Å². The van der Waals surface area contributed by atoms with Crippen molar-refractivity contribution in [2.75, 3.05) is 5.75 Å². The molecule has 0 saturated carbocycles. The number of hydrogen-bond donors (Lipinski definition) is 1. The van der Waals surface area contributed by atoms with Crippen LogP contribution in [-0.2, 0) is 7.05 Å². The zero-order chi connectivity index (χ0) is 17.2. The van der Waals surface area contributed by atoms with Gasteiger partial charge in [0.2, 0.25) is 0 Å². The summed E-state index contributed by atoms with van der Waals surface area (Å²) in [7, 11) is 1.98. The Morgan fingerprint density at radius 3 is 2.72 bits per heavy atom. The average Bonchev–Trinajstić information content (AvgIpc) is 3.24. The zero-order valence-electron chi connectivity index (χ0n) is 13.8. The van der Waals surface area contributed by atoms with Gasteiger partial charge in [-0.05, 0) is 11.6 Å². The molecule has 0 bridgehead atoms. The molecule has 0 radical (unpaired) electrons. The van der Waals surface area contributed by atoms with Crippen molar-refractivity contribution < 1.29 is 4.79 Å². The van der Waals surface area contributed by atoms with Crippen LogP contribution in [0, 0.1) is 0 Å². The predicted molar refractivity (Wildman–Crippen MR) is 102 cm³/mol. The number of hydrogen-bond acceptors (Lipinski definition) is 3. The number of para-hydroxylation sites is 1. The first-order valence-electron chi connectivity index (χ1n) is 8.03. The molecule has 0 spiro atoms. The third-order valence-electron chi connectivity index (χ3n) is 4.24. The van der Waals surface area contributed by atoms with Crippen LogP contribution < -0.4 is 0 Å². The van der Waals surface area contributed by atoms with Crippen LogP contribution in [0.15, 0.2) is 72.1 Å². The lowest BCUT2D eigenvalue weighted by atomic mass is 10.1. The van der Waals surface area contributed by atoms with Gasteiger partial charge < -0.3 is 9.55 Å². The number of nitrogens with zero attached hydrogens (tertiary/aromatic N) is 2. The van der Waals surface area contributed by atoms with Gasteiger partial charge in [-0.2, -0.15) is 0 Å². The fraction of sp³-hybridized carbons (Fsp3) is 0.100. The van der Waals surface area contributed by atoms with Gasteiger partial charge in [-0.15, -0.1) is 0 Å². The number of thioether (sulfide) groups is 1. The van der Waals surface area contributed by atoms with Crippen LogP contribution in [0.2, 0.25) is 0 Å². The molecular weight excluding hydrogens is 330 g/mol. The summed E-state index contributed by atoms with van der Waals surface area (Å²) in [6.07, 6.45) is 3.65. The highest BCUT2D eigenvalue weighted by molar-refractivity contribution is 7.99. The first-order valence-corrected chi connectivity index (χ1v) is 9.02. The van der Waals surface area contributed by atoms with E-state index in [9.17, 15) is 4.79 Å². The number of aromatic amines is 1. The standard InChI is InChI=1S/C20H17N3OS/c1-23-18(14-7-3-2-4-8-14)12-22-20(23)25-13-19(24)16-11-21-17-10-6-5-9-15(16)17/h2-12,21H,13H2,1H3. The summed E-state index contributed by atoms with van der Waals surface area (Å²) in [6.45, 7) is 0. The summed E-state index contributed by atoms with van der Waals surface area (Å²) >= 11 is 1.47. The second kappa shape index (κ2) is 6.61. The maximum Gasteiger partial charge on any atom is 0.175 e. The van der Waals surface area contributed by atoms with Gasteiger partial charge >= 0.3 is 0 Å². The predicted octanol–water partition coefficient (Wildman–Crippen LogP) is 4.54. The zero-order valence-corrected chi connectivity index (χ0v) is 14.6. The molecule has 2 aromatic carbocycles. The van der Waals surface area contributed by atoms with E-state index < -0.39 is 0 Å². The summed E-state index contributed by atoms with van der Waals surface area (Å²) in [5.41, 5.74) is 3.88. The number of ketones is 1. The van der Waals surface area contributed by atoms with E-state index in [1.807, 2.05) is 60.3 Å². The number of nitrogens with one attached hydrogen (secondary N) is 1.